The number of pyridine rings is 1. The third-order valence-corrected chi connectivity index (χ3v) is 3.29. The maximum atomic E-state index is 5.89. The standard InChI is InChI=1S/C17H22N4/c1-3-14-6-8-16(9-7-14)21-17(18)19-11-10-15-5-4-13(2)20-12-15/h4-9,12H,3,10-11H2,1-2H3,(H3,18,19,21). The predicted molar refractivity (Wildman–Crippen MR) is 88.6 cm³/mol. The number of guanidine groups is 1. The molecule has 0 saturated carbocycles. The summed E-state index contributed by atoms with van der Waals surface area (Å²) in [5.41, 5.74) is 10.4. The summed E-state index contributed by atoms with van der Waals surface area (Å²) >= 11 is 0. The fourth-order valence-corrected chi connectivity index (χ4v) is 1.96. The molecule has 4 nitrogen and oxygen atoms in total. The molecule has 0 aliphatic carbocycles. The van der Waals surface area contributed by atoms with Crippen molar-refractivity contribution in [2.45, 2.75) is 26.7 Å². The van der Waals surface area contributed by atoms with E-state index in [2.05, 4.69) is 40.4 Å². The first kappa shape index (κ1) is 15.0. The highest BCUT2D eigenvalue weighted by molar-refractivity contribution is 5.92. The number of nitrogens with two attached hydrogens (primary N) is 1. The van der Waals surface area contributed by atoms with Crippen LogP contribution in [0.3, 0.4) is 0 Å². The maximum absolute atomic E-state index is 5.89. The third-order valence-electron chi connectivity index (χ3n) is 3.29. The second-order valence-corrected chi connectivity index (χ2v) is 5.00. The van der Waals surface area contributed by atoms with Gasteiger partial charge in [-0.1, -0.05) is 25.1 Å². The summed E-state index contributed by atoms with van der Waals surface area (Å²) in [7, 11) is 0. The second kappa shape index (κ2) is 7.43. The largest absolute Gasteiger partial charge is 0.370 e. The zero-order valence-electron chi connectivity index (χ0n) is 12.6. The van der Waals surface area contributed by atoms with Crippen molar-refractivity contribution >= 4 is 11.6 Å². The Morgan fingerprint density at radius 3 is 2.48 bits per heavy atom. The van der Waals surface area contributed by atoms with Gasteiger partial charge in [0.15, 0.2) is 5.96 Å². The van der Waals surface area contributed by atoms with Crippen LogP contribution in [0.5, 0.6) is 0 Å². The normalized spacial score (nSPS) is 11.4. The predicted octanol–water partition coefficient (Wildman–Crippen LogP) is 2.92. The van der Waals surface area contributed by atoms with Crippen molar-refractivity contribution in [2.24, 2.45) is 10.7 Å². The summed E-state index contributed by atoms with van der Waals surface area (Å²) in [5.74, 6) is 0.444. The molecule has 0 bridgehead atoms. The molecule has 1 aromatic carbocycles. The van der Waals surface area contributed by atoms with Crippen LogP contribution < -0.4 is 11.1 Å². The molecule has 110 valence electrons. The van der Waals surface area contributed by atoms with Crippen LogP contribution >= 0.6 is 0 Å². The minimum Gasteiger partial charge on any atom is -0.370 e. The molecule has 2 rings (SSSR count). The van der Waals surface area contributed by atoms with Gasteiger partial charge in [0.2, 0.25) is 0 Å². The lowest BCUT2D eigenvalue weighted by Crippen LogP contribution is -2.23. The summed E-state index contributed by atoms with van der Waals surface area (Å²) in [5, 5.41) is 3.10. The molecule has 0 atom stereocenters. The van der Waals surface area contributed by atoms with Crippen molar-refractivity contribution in [1.29, 1.82) is 0 Å². The number of rotatable bonds is 5. The van der Waals surface area contributed by atoms with Crippen LogP contribution in [0.25, 0.3) is 0 Å². The van der Waals surface area contributed by atoms with Gasteiger partial charge in [-0.15, -0.1) is 0 Å². The van der Waals surface area contributed by atoms with Gasteiger partial charge in [-0.2, -0.15) is 0 Å². The second-order valence-electron chi connectivity index (χ2n) is 5.00. The lowest BCUT2D eigenvalue weighted by atomic mass is 10.1. The highest BCUT2D eigenvalue weighted by Crippen LogP contribution is 2.09. The Labute approximate surface area is 126 Å². The van der Waals surface area contributed by atoms with E-state index in [1.165, 1.54) is 11.1 Å². The van der Waals surface area contributed by atoms with E-state index in [1.54, 1.807) is 0 Å². The first-order chi connectivity index (χ1) is 10.2. The summed E-state index contributed by atoms with van der Waals surface area (Å²) in [6.45, 7) is 4.77. The molecule has 2 aromatic rings. The van der Waals surface area contributed by atoms with E-state index in [1.807, 2.05) is 31.3 Å². The fraction of sp³-hybridized carbons (Fsp3) is 0.294. The summed E-state index contributed by atoms with van der Waals surface area (Å²) in [4.78, 5) is 8.60. The van der Waals surface area contributed by atoms with E-state index in [9.17, 15) is 0 Å². The number of hydrogen-bond acceptors (Lipinski definition) is 2. The zero-order valence-corrected chi connectivity index (χ0v) is 12.6. The van der Waals surface area contributed by atoms with E-state index < -0.39 is 0 Å². The number of anilines is 1. The van der Waals surface area contributed by atoms with Gasteiger partial charge < -0.3 is 11.1 Å². The average Bonchev–Trinajstić information content (AvgIpc) is 2.50. The minimum atomic E-state index is 0.444. The highest BCUT2D eigenvalue weighted by atomic mass is 15.1. The number of aliphatic imine (C=N–C) groups is 1. The Bertz CT molecular complexity index is 585. The number of nitrogens with zero attached hydrogens (tertiary/aromatic N) is 2. The Hall–Kier alpha value is -2.36. The van der Waals surface area contributed by atoms with Gasteiger partial charge in [0.1, 0.15) is 0 Å². The fourth-order valence-electron chi connectivity index (χ4n) is 1.96. The molecule has 4 heteroatoms. The molecule has 3 N–H and O–H groups in total. The van der Waals surface area contributed by atoms with Crippen LogP contribution in [0.1, 0.15) is 23.7 Å². The van der Waals surface area contributed by atoms with E-state index in [4.69, 9.17) is 5.73 Å². The summed E-state index contributed by atoms with van der Waals surface area (Å²) in [6, 6.07) is 12.3. The first-order valence-corrected chi connectivity index (χ1v) is 7.25. The van der Waals surface area contributed by atoms with Crippen LogP contribution in [0.15, 0.2) is 47.6 Å². The van der Waals surface area contributed by atoms with Crippen LogP contribution in [0.4, 0.5) is 5.69 Å². The lowest BCUT2D eigenvalue weighted by Gasteiger charge is -2.06. The molecule has 21 heavy (non-hydrogen) atoms. The number of aromatic nitrogens is 1. The summed E-state index contributed by atoms with van der Waals surface area (Å²) < 4.78 is 0. The van der Waals surface area contributed by atoms with Gasteiger partial charge in [-0.3, -0.25) is 9.98 Å². The van der Waals surface area contributed by atoms with Gasteiger partial charge >= 0.3 is 0 Å². The lowest BCUT2D eigenvalue weighted by molar-refractivity contribution is 0.950. The van der Waals surface area contributed by atoms with E-state index in [-0.39, 0.29) is 0 Å². The van der Waals surface area contributed by atoms with Gasteiger partial charge in [-0.05, 0) is 49.1 Å². The molecule has 0 aliphatic rings. The van der Waals surface area contributed by atoms with E-state index in [0.29, 0.717) is 12.5 Å². The molecular weight excluding hydrogens is 260 g/mol. The molecule has 0 radical (unpaired) electrons. The average molecular weight is 282 g/mol. The molecule has 0 saturated heterocycles. The number of aryl methyl sites for hydroxylation is 2. The van der Waals surface area contributed by atoms with Gasteiger partial charge in [0, 0.05) is 24.1 Å². The smallest absolute Gasteiger partial charge is 0.193 e. The number of nitrogens with one attached hydrogen (secondary N) is 1. The molecular formula is C17H22N4. The molecule has 0 fully saturated rings. The Balaban J connectivity index is 1.84. The molecule has 0 aliphatic heterocycles. The molecule has 1 heterocycles. The van der Waals surface area contributed by atoms with Crippen LogP contribution in [-0.2, 0) is 12.8 Å². The van der Waals surface area contributed by atoms with Crippen molar-refractivity contribution in [2.75, 3.05) is 11.9 Å². The van der Waals surface area contributed by atoms with Crippen molar-refractivity contribution < 1.29 is 0 Å². The van der Waals surface area contributed by atoms with Crippen LogP contribution in [0, 0.1) is 6.92 Å². The topological polar surface area (TPSA) is 63.3 Å². The van der Waals surface area contributed by atoms with Gasteiger partial charge in [0.25, 0.3) is 0 Å². The number of hydrogen-bond donors (Lipinski definition) is 2. The summed E-state index contributed by atoms with van der Waals surface area (Å²) in [6.07, 6.45) is 3.76. The molecule has 0 unspecified atom stereocenters. The quantitative estimate of drug-likeness (QED) is 0.654. The first-order valence-electron chi connectivity index (χ1n) is 7.25. The SMILES string of the molecule is CCc1ccc(NC(N)=NCCc2ccc(C)nc2)cc1. The van der Waals surface area contributed by atoms with E-state index >= 15 is 0 Å². The van der Waals surface area contributed by atoms with Crippen molar-refractivity contribution in [3.63, 3.8) is 0 Å². The van der Waals surface area contributed by atoms with Crippen LogP contribution in [-0.4, -0.2) is 17.5 Å². The third kappa shape index (κ3) is 4.91. The van der Waals surface area contributed by atoms with Crippen molar-refractivity contribution in [3.8, 4) is 0 Å². The minimum absolute atomic E-state index is 0.444. The Kier molecular flexibility index (Phi) is 5.32. The van der Waals surface area contributed by atoms with Gasteiger partial charge in [-0.25, -0.2) is 0 Å². The maximum Gasteiger partial charge on any atom is 0.193 e. The Morgan fingerprint density at radius 1 is 1.14 bits per heavy atom. The highest BCUT2D eigenvalue weighted by Gasteiger charge is 1.97. The monoisotopic (exact) mass is 282 g/mol. The van der Waals surface area contributed by atoms with Crippen molar-refractivity contribution in [3.05, 3.63) is 59.4 Å². The van der Waals surface area contributed by atoms with Crippen molar-refractivity contribution in [1.82, 2.24) is 4.98 Å². The molecule has 1 aromatic heterocycles. The van der Waals surface area contributed by atoms with Gasteiger partial charge in [0.05, 0.1) is 0 Å². The Morgan fingerprint density at radius 2 is 1.86 bits per heavy atom. The van der Waals surface area contributed by atoms with E-state index in [0.717, 1.165) is 24.2 Å². The van der Waals surface area contributed by atoms with Crippen LogP contribution in [0.2, 0.25) is 0 Å². The molecule has 0 spiro atoms. The molecule has 0 amide bonds. The zero-order chi connectivity index (χ0) is 15.1. The number of benzene rings is 1.